The minimum absolute atomic E-state index is 0.0286. The molecule has 0 spiro atoms. The van der Waals surface area contributed by atoms with Crippen LogP contribution in [0.4, 0.5) is 0 Å². The Kier molecular flexibility index (Phi) is 5.24. The van der Waals surface area contributed by atoms with Crippen molar-refractivity contribution in [3.8, 4) is 22.3 Å². The van der Waals surface area contributed by atoms with Crippen molar-refractivity contribution in [2.45, 2.75) is 20.5 Å². The molecule has 3 heteroatoms. The van der Waals surface area contributed by atoms with E-state index in [4.69, 9.17) is 0 Å². The Labute approximate surface area is 159 Å². The lowest BCUT2D eigenvalue weighted by molar-refractivity contribution is 0.282. The van der Waals surface area contributed by atoms with E-state index in [0.717, 1.165) is 36.8 Å². The van der Waals surface area contributed by atoms with Crippen LogP contribution in [-0.4, -0.2) is 5.11 Å². The molecule has 122 valence electrons. The molecule has 1 N–H and O–H groups in total. The van der Waals surface area contributed by atoms with Crippen LogP contribution in [0.2, 0.25) is 0 Å². The minimum Gasteiger partial charge on any atom is -0.392 e. The maximum atomic E-state index is 9.68. The van der Waals surface area contributed by atoms with Gasteiger partial charge in [0.1, 0.15) is 0 Å². The van der Waals surface area contributed by atoms with Gasteiger partial charge in [-0.25, -0.2) is 0 Å². The molecule has 3 aromatic carbocycles. The van der Waals surface area contributed by atoms with Crippen molar-refractivity contribution in [1.82, 2.24) is 0 Å². The van der Waals surface area contributed by atoms with Crippen LogP contribution in [0.3, 0.4) is 0 Å². The normalized spacial score (nSPS) is 10.9. The zero-order valence-electron chi connectivity index (χ0n) is 13.6. The van der Waals surface area contributed by atoms with E-state index in [1.54, 1.807) is 0 Å². The Morgan fingerprint density at radius 3 is 1.42 bits per heavy atom. The van der Waals surface area contributed by atoms with Crippen molar-refractivity contribution >= 4 is 31.9 Å². The van der Waals surface area contributed by atoms with Crippen LogP contribution in [0, 0.1) is 13.8 Å². The van der Waals surface area contributed by atoms with Crippen molar-refractivity contribution in [1.29, 1.82) is 0 Å². The summed E-state index contributed by atoms with van der Waals surface area (Å²) >= 11 is 7.15. The fourth-order valence-electron chi connectivity index (χ4n) is 2.92. The summed E-state index contributed by atoms with van der Waals surface area (Å²) in [4.78, 5) is 0. The number of aliphatic hydroxyl groups excluding tert-OH is 1. The molecule has 0 aromatic heterocycles. The molecule has 0 bridgehead atoms. The van der Waals surface area contributed by atoms with Crippen LogP contribution in [0.25, 0.3) is 22.3 Å². The summed E-state index contributed by atoms with van der Waals surface area (Å²) in [7, 11) is 0. The van der Waals surface area contributed by atoms with Gasteiger partial charge in [0, 0.05) is 8.95 Å². The van der Waals surface area contributed by atoms with Crippen molar-refractivity contribution < 1.29 is 5.11 Å². The molecule has 0 saturated carbocycles. The molecule has 0 aliphatic heterocycles. The van der Waals surface area contributed by atoms with Crippen LogP contribution in [0.1, 0.15) is 16.7 Å². The van der Waals surface area contributed by atoms with Gasteiger partial charge in [0.05, 0.1) is 6.61 Å². The second-order valence-electron chi connectivity index (χ2n) is 6.11. The average Bonchev–Trinajstić information content (AvgIpc) is 2.52. The van der Waals surface area contributed by atoms with Gasteiger partial charge in [-0.15, -0.1) is 0 Å². The number of hydrogen-bond donors (Lipinski definition) is 1. The highest BCUT2D eigenvalue weighted by Gasteiger charge is 2.08. The number of hydrogen-bond acceptors (Lipinski definition) is 1. The third kappa shape index (κ3) is 3.97. The van der Waals surface area contributed by atoms with Crippen LogP contribution in [0.5, 0.6) is 0 Å². The fourth-order valence-corrected chi connectivity index (χ4v) is 4.14. The van der Waals surface area contributed by atoms with E-state index in [1.807, 2.05) is 0 Å². The summed E-state index contributed by atoms with van der Waals surface area (Å²) < 4.78 is 2.12. The SMILES string of the molecule is Cc1cc(Br)cc(-c2cc(CO)cc(-c3cc(C)cc(Br)c3)c2)c1. The topological polar surface area (TPSA) is 20.2 Å². The summed E-state index contributed by atoms with van der Waals surface area (Å²) in [5, 5.41) is 9.68. The number of benzene rings is 3. The standard InChI is InChI=1S/C21H18Br2O/c1-13-3-16(10-20(22)5-13)18-7-15(12-24)8-19(9-18)17-4-14(2)6-21(23)11-17/h3-11,24H,12H2,1-2H3. The molecular weight excluding hydrogens is 428 g/mol. The molecule has 0 amide bonds. The van der Waals surface area contributed by atoms with Gasteiger partial charge in [0.15, 0.2) is 0 Å². The molecule has 3 aromatic rings. The van der Waals surface area contributed by atoms with Crippen molar-refractivity contribution in [2.75, 3.05) is 0 Å². The Morgan fingerprint density at radius 2 is 1.04 bits per heavy atom. The van der Waals surface area contributed by atoms with Crippen LogP contribution < -0.4 is 0 Å². The zero-order valence-corrected chi connectivity index (χ0v) is 16.8. The third-order valence-electron chi connectivity index (χ3n) is 3.93. The van der Waals surface area contributed by atoms with Crippen LogP contribution in [-0.2, 0) is 6.61 Å². The van der Waals surface area contributed by atoms with Gasteiger partial charge in [0.2, 0.25) is 0 Å². The Bertz CT molecular complexity index is 790. The molecule has 0 fully saturated rings. The zero-order chi connectivity index (χ0) is 17.3. The van der Waals surface area contributed by atoms with E-state index in [9.17, 15) is 5.11 Å². The minimum atomic E-state index is 0.0286. The molecular formula is C21H18Br2O. The highest BCUT2D eigenvalue weighted by atomic mass is 79.9. The first-order valence-corrected chi connectivity index (χ1v) is 9.33. The number of aliphatic hydroxyl groups is 1. The number of halogens is 2. The van der Waals surface area contributed by atoms with Gasteiger partial charge in [-0.05, 0) is 95.3 Å². The lowest BCUT2D eigenvalue weighted by atomic mass is 9.95. The van der Waals surface area contributed by atoms with Gasteiger partial charge in [-0.3, -0.25) is 0 Å². The quantitative estimate of drug-likeness (QED) is 0.478. The lowest BCUT2D eigenvalue weighted by Crippen LogP contribution is -1.90. The Balaban J connectivity index is 2.18. The Morgan fingerprint density at radius 1 is 0.625 bits per heavy atom. The maximum absolute atomic E-state index is 9.68. The first-order valence-electron chi connectivity index (χ1n) is 7.74. The average molecular weight is 446 g/mol. The molecule has 0 atom stereocenters. The van der Waals surface area contributed by atoms with E-state index >= 15 is 0 Å². The molecule has 0 saturated heterocycles. The summed E-state index contributed by atoms with van der Waals surface area (Å²) in [5.74, 6) is 0. The predicted molar refractivity (Wildman–Crippen MR) is 108 cm³/mol. The molecule has 0 aliphatic carbocycles. The van der Waals surface area contributed by atoms with Gasteiger partial charge in [-0.1, -0.05) is 44.0 Å². The van der Waals surface area contributed by atoms with Crippen LogP contribution >= 0.6 is 31.9 Å². The van der Waals surface area contributed by atoms with Gasteiger partial charge in [0.25, 0.3) is 0 Å². The molecule has 1 nitrogen and oxygen atoms in total. The molecule has 3 rings (SSSR count). The summed E-state index contributed by atoms with van der Waals surface area (Å²) in [6.07, 6.45) is 0. The highest BCUT2D eigenvalue weighted by molar-refractivity contribution is 9.10. The van der Waals surface area contributed by atoms with Gasteiger partial charge < -0.3 is 5.11 Å². The van der Waals surface area contributed by atoms with E-state index < -0.39 is 0 Å². The molecule has 24 heavy (non-hydrogen) atoms. The van der Waals surface area contributed by atoms with E-state index in [1.165, 1.54) is 11.1 Å². The first-order chi connectivity index (χ1) is 11.4. The lowest BCUT2D eigenvalue weighted by Gasteiger charge is -2.11. The van der Waals surface area contributed by atoms with Crippen molar-refractivity contribution in [3.63, 3.8) is 0 Å². The molecule has 0 unspecified atom stereocenters. The number of aryl methyl sites for hydroxylation is 2. The Hall–Kier alpha value is -1.42. The largest absolute Gasteiger partial charge is 0.392 e. The van der Waals surface area contributed by atoms with E-state index in [0.29, 0.717) is 0 Å². The van der Waals surface area contributed by atoms with Gasteiger partial charge in [-0.2, -0.15) is 0 Å². The van der Waals surface area contributed by atoms with E-state index in [-0.39, 0.29) is 6.61 Å². The van der Waals surface area contributed by atoms with E-state index in [2.05, 4.69) is 100 Å². The second kappa shape index (κ2) is 7.22. The summed E-state index contributed by atoms with van der Waals surface area (Å²) in [6, 6.07) is 19.0. The molecule has 0 radical (unpaired) electrons. The van der Waals surface area contributed by atoms with Crippen LogP contribution in [0.15, 0.2) is 63.5 Å². The highest BCUT2D eigenvalue weighted by Crippen LogP contribution is 2.32. The predicted octanol–water partition coefficient (Wildman–Crippen LogP) is 6.65. The van der Waals surface area contributed by atoms with Crippen molar-refractivity contribution in [2.24, 2.45) is 0 Å². The van der Waals surface area contributed by atoms with Crippen molar-refractivity contribution in [3.05, 3.63) is 80.2 Å². The summed E-state index contributed by atoms with van der Waals surface area (Å²) in [5.41, 5.74) is 7.83. The second-order valence-corrected chi connectivity index (χ2v) is 7.94. The molecule has 0 heterocycles. The fraction of sp³-hybridized carbons (Fsp3) is 0.143. The number of rotatable bonds is 3. The third-order valence-corrected chi connectivity index (χ3v) is 4.84. The monoisotopic (exact) mass is 444 g/mol. The maximum Gasteiger partial charge on any atom is 0.0682 e. The molecule has 0 aliphatic rings. The van der Waals surface area contributed by atoms with Gasteiger partial charge >= 0.3 is 0 Å². The smallest absolute Gasteiger partial charge is 0.0682 e. The first kappa shape index (κ1) is 17.4. The summed E-state index contributed by atoms with van der Waals surface area (Å²) in [6.45, 7) is 4.20.